The standard InChI is InChI=1S/C15H14N4O3/c20-13(17-10-12-4-2-8-21-12)5-6-14-18-19-15(22-14)11-3-1-7-16-9-11/h1-4,7-9H,5-6,10H2,(H,17,20). The van der Waals surface area contributed by atoms with Gasteiger partial charge >= 0.3 is 0 Å². The van der Waals surface area contributed by atoms with Crippen LogP contribution in [0.25, 0.3) is 11.5 Å². The summed E-state index contributed by atoms with van der Waals surface area (Å²) in [5, 5.41) is 10.6. The van der Waals surface area contributed by atoms with Gasteiger partial charge in [-0.3, -0.25) is 9.78 Å². The number of hydrogen-bond donors (Lipinski definition) is 1. The van der Waals surface area contributed by atoms with Crippen LogP contribution >= 0.6 is 0 Å². The second kappa shape index (κ2) is 6.66. The van der Waals surface area contributed by atoms with Crippen molar-refractivity contribution in [3.8, 4) is 11.5 Å². The van der Waals surface area contributed by atoms with E-state index in [2.05, 4.69) is 20.5 Å². The van der Waals surface area contributed by atoms with E-state index in [4.69, 9.17) is 8.83 Å². The summed E-state index contributed by atoms with van der Waals surface area (Å²) >= 11 is 0. The number of amides is 1. The summed E-state index contributed by atoms with van der Waals surface area (Å²) in [5.74, 6) is 1.44. The highest BCUT2D eigenvalue weighted by atomic mass is 16.4. The largest absolute Gasteiger partial charge is 0.467 e. The molecule has 7 heteroatoms. The highest BCUT2D eigenvalue weighted by molar-refractivity contribution is 5.75. The topological polar surface area (TPSA) is 94.0 Å². The van der Waals surface area contributed by atoms with Gasteiger partial charge in [0.1, 0.15) is 5.76 Å². The minimum Gasteiger partial charge on any atom is -0.467 e. The lowest BCUT2D eigenvalue weighted by molar-refractivity contribution is -0.121. The third kappa shape index (κ3) is 3.57. The van der Waals surface area contributed by atoms with E-state index in [-0.39, 0.29) is 12.3 Å². The minimum atomic E-state index is -0.0995. The molecule has 0 spiro atoms. The van der Waals surface area contributed by atoms with E-state index < -0.39 is 0 Å². The maximum Gasteiger partial charge on any atom is 0.249 e. The number of carbonyl (C=O) groups is 1. The van der Waals surface area contributed by atoms with Crippen molar-refractivity contribution in [2.45, 2.75) is 19.4 Å². The molecule has 0 aromatic carbocycles. The summed E-state index contributed by atoms with van der Waals surface area (Å²) < 4.78 is 10.6. The Hall–Kier alpha value is -2.96. The number of rotatable bonds is 6. The van der Waals surface area contributed by atoms with Gasteiger partial charge in [0, 0.05) is 25.2 Å². The van der Waals surface area contributed by atoms with Crippen molar-refractivity contribution in [2.75, 3.05) is 0 Å². The number of aromatic nitrogens is 3. The van der Waals surface area contributed by atoms with Gasteiger partial charge in [0.15, 0.2) is 0 Å². The third-order valence-electron chi connectivity index (χ3n) is 2.98. The van der Waals surface area contributed by atoms with Crippen LogP contribution < -0.4 is 5.32 Å². The van der Waals surface area contributed by atoms with Gasteiger partial charge in [0.25, 0.3) is 0 Å². The van der Waals surface area contributed by atoms with Crippen LogP contribution in [-0.2, 0) is 17.8 Å². The maximum absolute atomic E-state index is 11.7. The SMILES string of the molecule is O=C(CCc1nnc(-c2cccnc2)o1)NCc1ccco1. The van der Waals surface area contributed by atoms with Crippen molar-refractivity contribution >= 4 is 5.91 Å². The van der Waals surface area contributed by atoms with Gasteiger partial charge in [-0.1, -0.05) is 0 Å². The van der Waals surface area contributed by atoms with Crippen molar-refractivity contribution in [1.29, 1.82) is 0 Å². The predicted octanol–water partition coefficient (Wildman–Crippen LogP) is 1.97. The highest BCUT2D eigenvalue weighted by Gasteiger charge is 2.10. The minimum absolute atomic E-state index is 0.0995. The van der Waals surface area contributed by atoms with Gasteiger partial charge in [-0.2, -0.15) is 0 Å². The summed E-state index contributed by atoms with van der Waals surface area (Å²) in [5.41, 5.74) is 0.753. The first-order chi connectivity index (χ1) is 10.8. The first-order valence-corrected chi connectivity index (χ1v) is 6.83. The van der Waals surface area contributed by atoms with E-state index in [1.54, 1.807) is 36.9 Å². The molecule has 0 fully saturated rings. The number of aryl methyl sites for hydroxylation is 1. The van der Waals surface area contributed by atoms with Crippen molar-refractivity contribution in [3.05, 3.63) is 54.6 Å². The Bertz CT molecular complexity index is 722. The van der Waals surface area contributed by atoms with E-state index in [9.17, 15) is 4.79 Å². The summed E-state index contributed by atoms with van der Waals surface area (Å²) in [4.78, 5) is 15.7. The molecule has 1 amide bonds. The molecule has 0 aliphatic rings. The number of nitrogens with zero attached hydrogens (tertiary/aromatic N) is 3. The molecule has 3 rings (SSSR count). The molecule has 22 heavy (non-hydrogen) atoms. The number of carbonyl (C=O) groups excluding carboxylic acids is 1. The Kier molecular flexibility index (Phi) is 4.24. The zero-order valence-corrected chi connectivity index (χ0v) is 11.7. The predicted molar refractivity (Wildman–Crippen MR) is 76.4 cm³/mol. The monoisotopic (exact) mass is 298 g/mol. The highest BCUT2D eigenvalue weighted by Crippen LogP contribution is 2.16. The van der Waals surface area contributed by atoms with Crippen LogP contribution in [0.1, 0.15) is 18.1 Å². The summed E-state index contributed by atoms with van der Waals surface area (Å²) in [7, 11) is 0. The molecule has 1 N–H and O–H groups in total. The van der Waals surface area contributed by atoms with Crippen LogP contribution in [0.3, 0.4) is 0 Å². The lowest BCUT2D eigenvalue weighted by Crippen LogP contribution is -2.22. The van der Waals surface area contributed by atoms with Crippen LogP contribution in [0.5, 0.6) is 0 Å². The lowest BCUT2D eigenvalue weighted by atomic mass is 10.3. The number of nitrogens with one attached hydrogen (secondary N) is 1. The van der Waals surface area contributed by atoms with Crippen LogP contribution in [0.4, 0.5) is 0 Å². The van der Waals surface area contributed by atoms with Gasteiger partial charge in [-0.05, 0) is 24.3 Å². The average molecular weight is 298 g/mol. The molecule has 0 saturated heterocycles. The van der Waals surface area contributed by atoms with Gasteiger partial charge in [-0.25, -0.2) is 0 Å². The molecule has 0 bridgehead atoms. The molecule has 3 heterocycles. The number of furan rings is 1. The van der Waals surface area contributed by atoms with Gasteiger partial charge in [0.05, 0.1) is 18.4 Å². The third-order valence-corrected chi connectivity index (χ3v) is 2.98. The Morgan fingerprint density at radius 1 is 1.23 bits per heavy atom. The summed E-state index contributed by atoms with van der Waals surface area (Å²) in [6.45, 7) is 0.372. The van der Waals surface area contributed by atoms with Crippen molar-refractivity contribution in [1.82, 2.24) is 20.5 Å². The van der Waals surface area contributed by atoms with Crippen molar-refractivity contribution < 1.29 is 13.6 Å². The van der Waals surface area contributed by atoms with E-state index in [1.807, 2.05) is 6.07 Å². The summed E-state index contributed by atoms with van der Waals surface area (Å²) in [6, 6.07) is 7.21. The molecular weight excluding hydrogens is 284 g/mol. The normalized spacial score (nSPS) is 10.5. The van der Waals surface area contributed by atoms with Crippen molar-refractivity contribution in [2.24, 2.45) is 0 Å². The molecule has 112 valence electrons. The van der Waals surface area contributed by atoms with Crippen LogP contribution in [-0.4, -0.2) is 21.1 Å². The Labute approximate surface area is 126 Å². The van der Waals surface area contributed by atoms with E-state index in [0.717, 1.165) is 5.56 Å². The molecule has 3 aromatic heterocycles. The quantitative estimate of drug-likeness (QED) is 0.747. The fraction of sp³-hybridized carbons (Fsp3) is 0.200. The molecular formula is C15H14N4O3. The molecule has 0 aliphatic carbocycles. The van der Waals surface area contributed by atoms with Crippen LogP contribution in [0, 0.1) is 0 Å². The van der Waals surface area contributed by atoms with Crippen LogP contribution in [0.15, 0.2) is 51.8 Å². The Morgan fingerprint density at radius 3 is 2.95 bits per heavy atom. The zero-order valence-electron chi connectivity index (χ0n) is 11.7. The van der Waals surface area contributed by atoms with Crippen molar-refractivity contribution in [3.63, 3.8) is 0 Å². The molecule has 0 unspecified atom stereocenters. The Morgan fingerprint density at radius 2 is 2.18 bits per heavy atom. The number of hydrogen-bond acceptors (Lipinski definition) is 6. The second-order valence-corrected chi connectivity index (χ2v) is 4.60. The molecule has 0 atom stereocenters. The second-order valence-electron chi connectivity index (χ2n) is 4.60. The molecule has 0 aliphatic heterocycles. The van der Waals surface area contributed by atoms with Gasteiger partial charge in [0.2, 0.25) is 17.7 Å². The number of pyridine rings is 1. The van der Waals surface area contributed by atoms with Gasteiger partial charge in [-0.15, -0.1) is 10.2 Å². The molecule has 7 nitrogen and oxygen atoms in total. The molecule has 0 radical (unpaired) electrons. The smallest absolute Gasteiger partial charge is 0.249 e. The average Bonchev–Trinajstić information content (AvgIpc) is 3.23. The Balaban J connectivity index is 1.49. The lowest BCUT2D eigenvalue weighted by Gasteiger charge is -2.01. The fourth-order valence-electron chi connectivity index (χ4n) is 1.87. The fourth-order valence-corrected chi connectivity index (χ4v) is 1.87. The maximum atomic E-state index is 11.7. The first kappa shape index (κ1) is 14.0. The van der Waals surface area contributed by atoms with E-state index in [0.29, 0.717) is 30.5 Å². The summed E-state index contributed by atoms with van der Waals surface area (Å²) in [6.07, 6.45) is 5.55. The first-order valence-electron chi connectivity index (χ1n) is 6.83. The molecule has 3 aromatic rings. The molecule has 0 saturated carbocycles. The van der Waals surface area contributed by atoms with E-state index >= 15 is 0 Å². The van der Waals surface area contributed by atoms with Crippen LogP contribution in [0.2, 0.25) is 0 Å². The zero-order chi connectivity index (χ0) is 15.2. The van der Waals surface area contributed by atoms with E-state index in [1.165, 1.54) is 0 Å². The van der Waals surface area contributed by atoms with Gasteiger partial charge < -0.3 is 14.2 Å².